The summed E-state index contributed by atoms with van der Waals surface area (Å²) in [4.78, 5) is 86.9. The fourth-order valence-corrected chi connectivity index (χ4v) is 12.5. The number of β-amino-alcohol motifs (C(OH)–C–C–N with tert-alkyl or cyclic N) is 2. The van der Waals surface area contributed by atoms with Crippen molar-refractivity contribution in [3.05, 3.63) is 58.7 Å². The van der Waals surface area contributed by atoms with Gasteiger partial charge in [-0.25, -0.2) is 0 Å². The molecule has 0 spiro atoms. The minimum Gasteiger partial charge on any atom is -0.391 e. The van der Waals surface area contributed by atoms with E-state index in [1.807, 2.05) is 12.1 Å². The van der Waals surface area contributed by atoms with Crippen LogP contribution in [0.1, 0.15) is 151 Å². The van der Waals surface area contributed by atoms with E-state index in [2.05, 4.69) is 56.2 Å². The van der Waals surface area contributed by atoms with Crippen LogP contribution in [-0.2, 0) is 41.6 Å². The van der Waals surface area contributed by atoms with Gasteiger partial charge in [-0.1, -0.05) is 74.9 Å². The normalized spacial score (nSPS) is 26.8. The Morgan fingerprint density at radius 3 is 1.30 bits per heavy atom. The van der Waals surface area contributed by atoms with Gasteiger partial charge in [0.15, 0.2) is 0 Å². The predicted octanol–water partition coefficient (Wildman–Crippen LogP) is 3.61. The van der Waals surface area contributed by atoms with Gasteiger partial charge in [0.05, 0.1) is 36.4 Å². The summed E-state index contributed by atoms with van der Waals surface area (Å²) in [5.41, 5.74) is 6.49. The zero-order chi connectivity index (χ0) is 49.6. The third-order valence-electron chi connectivity index (χ3n) is 16.7. The van der Waals surface area contributed by atoms with Gasteiger partial charge in [0.1, 0.15) is 24.2 Å². The van der Waals surface area contributed by atoms with Gasteiger partial charge in [0.25, 0.3) is 0 Å². The van der Waals surface area contributed by atoms with E-state index in [0.29, 0.717) is 12.8 Å². The largest absolute Gasteiger partial charge is 0.391 e. The molecule has 0 radical (unpaired) electrons. The van der Waals surface area contributed by atoms with Crippen LogP contribution in [0.5, 0.6) is 0 Å². The van der Waals surface area contributed by atoms with E-state index in [9.17, 15) is 39.0 Å². The Hall–Kier alpha value is -4.90. The number of carbonyl (C=O) groups is 6. The summed E-state index contributed by atoms with van der Waals surface area (Å²) in [5.74, 6) is -1.88. The lowest BCUT2D eigenvalue weighted by Gasteiger charge is -2.36. The molecule has 2 heterocycles. The van der Waals surface area contributed by atoms with Crippen LogP contribution in [0.15, 0.2) is 36.4 Å². The maximum absolute atomic E-state index is 14.4. The third-order valence-corrected chi connectivity index (χ3v) is 16.7. The number of benzene rings is 2. The van der Waals surface area contributed by atoms with Crippen LogP contribution < -0.4 is 31.9 Å². The van der Waals surface area contributed by atoms with Gasteiger partial charge in [-0.3, -0.25) is 28.8 Å². The van der Waals surface area contributed by atoms with Gasteiger partial charge < -0.3 is 51.9 Å². The van der Waals surface area contributed by atoms with E-state index < -0.39 is 48.5 Å². The highest BCUT2D eigenvalue weighted by Gasteiger charge is 2.46. The van der Waals surface area contributed by atoms with Crippen LogP contribution in [0.4, 0.5) is 0 Å². The summed E-state index contributed by atoms with van der Waals surface area (Å²) >= 11 is 0. The van der Waals surface area contributed by atoms with Gasteiger partial charge in [-0.15, -0.1) is 0 Å². The van der Waals surface area contributed by atoms with Crippen molar-refractivity contribution in [3.63, 3.8) is 0 Å². The quantitative estimate of drug-likeness (QED) is 0.130. The molecule has 2 aliphatic heterocycles. The molecule has 6 amide bonds. The molecule has 0 bridgehead atoms. The van der Waals surface area contributed by atoms with Crippen LogP contribution in [0.3, 0.4) is 0 Å². The lowest BCUT2D eigenvalue weighted by molar-refractivity contribution is -0.143. The fourth-order valence-electron chi connectivity index (χ4n) is 12.5. The Kier molecular flexibility index (Phi) is 17.0. The number of amides is 6. The van der Waals surface area contributed by atoms with Gasteiger partial charge in [-0.2, -0.15) is 0 Å². The molecule has 6 aliphatic rings. The molecule has 0 aromatic heterocycles. The van der Waals surface area contributed by atoms with Crippen LogP contribution in [-0.4, -0.2) is 131 Å². The van der Waals surface area contributed by atoms with Crippen LogP contribution in [0, 0.1) is 11.8 Å². The number of nitrogens with zero attached hydrogens (tertiary/aromatic N) is 2. The Bertz CT molecular complexity index is 2070. The van der Waals surface area contributed by atoms with E-state index in [0.717, 1.165) is 123 Å². The Balaban J connectivity index is 0.987. The zero-order valence-corrected chi connectivity index (χ0v) is 41.8. The molecule has 2 aromatic rings. The predicted molar refractivity (Wildman–Crippen MR) is 266 cm³/mol. The number of rotatable bonds is 15. The van der Waals surface area contributed by atoms with Crippen molar-refractivity contribution in [2.24, 2.45) is 11.8 Å². The van der Waals surface area contributed by atoms with Crippen molar-refractivity contribution >= 4 is 35.4 Å². The zero-order valence-electron chi connectivity index (χ0n) is 41.8. The van der Waals surface area contributed by atoms with E-state index in [4.69, 9.17) is 0 Å². The highest BCUT2D eigenvalue weighted by atomic mass is 16.3. The number of hydrogen-bond acceptors (Lipinski definition) is 10. The smallest absolute Gasteiger partial charge is 0.246 e. The molecular weight excluding hydrogens is 889 g/mol. The molecule has 16 heteroatoms. The molecule has 10 atom stereocenters. The number of likely N-dealkylation sites (tertiary alicyclic amines) is 2. The highest BCUT2D eigenvalue weighted by Crippen LogP contribution is 2.42. The van der Waals surface area contributed by atoms with E-state index >= 15 is 0 Å². The standard InChI is InChI=1S/C54H78N8O8/c1-31(55-3)49(65)59-47(33-15-7-5-8-16-33)53(69)61-29-35(63)27-45(61)51(67)57-43-25-13-21-39-37(19-11-23-41(39)43)38-20-12-24-42-40(38)22-14-26-44(42)58-52(68)46-28-36(64)30-62(46)54(70)48(34-17-9-6-10-18-34)60-50(66)32(2)56-4/h11-12,19-20,23-24,31-36,43-48,55-56,63-64H,5-10,13-18,21-22,25-30H2,1-4H3,(H,57,67)(H,58,68)(H,59,65)(H,60,66)/t31-,32-,35-,36-,43+,44+,45-,46-,47-,48-/m0/s1. The summed E-state index contributed by atoms with van der Waals surface area (Å²) < 4.78 is 0. The number of aliphatic hydroxyl groups is 2. The number of hydrogen-bond donors (Lipinski definition) is 8. The lowest BCUT2D eigenvalue weighted by atomic mass is 9.78. The first-order chi connectivity index (χ1) is 33.8. The van der Waals surface area contributed by atoms with Crippen LogP contribution in [0.25, 0.3) is 11.1 Å². The summed E-state index contributed by atoms with van der Waals surface area (Å²) in [5, 5.41) is 40.4. The summed E-state index contributed by atoms with van der Waals surface area (Å²) in [7, 11) is 3.40. The number of aliphatic hydroxyl groups excluding tert-OH is 2. The van der Waals surface area contributed by atoms with Crippen molar-refractivity contribution < 1.29 is 39.0 Å². The second-order valence-corrected chi connectivity index (χ2v) is 21.2. The van der Waals surface area contributed by atoms with Crippen molar-refractivity contribution in [3.8, 4) is 11.1 Å². The minimum absolute atomic E-state index is 0.0275. The van der Waals surface area contributed by atoms with Crippen molar-refractivity contribution in [1.29, 1.82) is 0 Å². The number of fused-ring (bicyclic) bond motifs is 2. The van der Waals surface area contributed by atoms with Gasteiger partial charge in [-0.05, 0) is 137 Å². The van der Waals surface area contributed by atoms with E-state index in [1.165, 1.54) is 9.80 Å². The highest BCUT2D eigenvalue weighted by molar-refractivity contribution is 5.95. The SMILES string of the molecule is CN[C@@H](C)C(=O)N[C@H](C(=O)N1C[C@@H](O)C[C@H]1C(=O)N[C@@H]1CCCc2c(-c3cccc4c3CCC[C@H]4NC(=O)[C@@H]3C[C@H](O)CN3C(=O)[C@@H](NC(=O)[C@H](C)NC)C3CCCCC3)cccc21)C1CCCCC1. The van der Waals surface area contributed by atoms with Gasteiger partial charge >= 0.3 is 0 Å². The molecule has 4 aliphatic carbocycles. The van der Waals surface area contributed by atoms with Crippen LogP contribution in [0.2, 0.25) is 0 Å². The van der Waals surface area contributed by atoms with E-state index in [1.54, 1.807) is 27.9 Å². The van der Waals surface area contributed by atoms with Gasteiger partial charge in [0, 0.05) is 25.9 Å². The first-order valence-electron chi connectivity index (χ1n) is 26.5. The van der Waals surface area contributed by atoms with Crippen molar-refractivity contribution in [1.82, 2.24) is 41.7 Å². The number of carbonyl (C=O) groups excluding carboxylic acids is 6. The number of nitrogens with one attached hydrogen (secondary N) is 6. The maximum atomic E-state index is 14.4. The topological polar surface area (TPSA) is 222 Å². The minimum atomic E-state index is -0.877. The molecule has 2 aromatic carbocycles. The second kappa shape index (κ2) is 23.1. The van der Waals surface area contributed by atoms with Gasteiger partial charge in [0.2, 0.25) is 35.4 Å². The molecule has 8 N–H and O–H groups in total. The van der Waals surface area contributed by atoms with E-state index in [-0.39, 0.29) is 85.3 Å². The molecular formula is C54H78N8O8. The van der Waals surface area contributed by atoms with Crippen molar-refractivity contribution in [2.45, 2.75) is 190 Å². The Morgan fingerprint density at radius 1 is 0.543 bits per heavy atom. The second-order valence-electron chi connectivity index (χ2n) is 21.2. The average molecular weight is 967 g/mol. The van der Waals surface area contributed by atoms with Crippen LogP contribution >= 0.6 is 0 Å². The monoisotopic (exact) mass is 967 g/mol. The Labute approximate surface area is 413 Å². The molecule has 70 heavy (non-hydrogen) atoms. The molecule has 16 nitrogen and oxygen atoms in total. The lowest BCUT2D eigenvalue weighted by Crippen LogP contribution is -2.58. The van der Waals surface area contributed by atoms with Crippen molar-refractivity contribution in [2.75, 3.05) is 27.2 Å². The summed E-state index contributed by atoms with van der Waals surface area (Å²) in [6.45, 7) is 3.55. The molecule has 2 saturated heterocycles. The Morgan fingerprint density at radius 2 is 0.929 bits per heavy atom. The third kappa shape index (κ3) is 11.2. The number of likely N-dealkylation sites (N-methyl/N-ethyl adjacent to an activating group) is 2. The molecule has 8 rings (SSSR count). The fraction of sp³-hybridized carbons (Fsp3) is 0.667. The maximum Gasteiger partial charge on any atom is 0.246 e. The first-order valence-corrected chi connectivity index (χ1v) is 26.5. The molecule has 2 saturated carbocycles. The average Bonchev–Trinajstić information content (AvgIpc) is 3.99. The molecule has 382 valence electrons. The summed E-state index contributed by atoms with van der Waals surface area (Å²) in [6.07, 6.45) is 12.5. The summed E-state index contributed by atoms with van der Waals surface area (Å²) in [6, 6.07) is 7.52. The molecule has 0 unspecified atom stereocenters. The molecule has 4 fully saturated rings. The first kappa shape index (κ1) is 51.5.